The van der Waals surface area contributed by atoms with Crippen LogP contribution in [0.5, 0.6) is 0 Å². The Hall–Kier alpha value is -3.54. The van der Waals surface area contributed by atoms with E-state index in [9.17, 15) is 0 Å². The molecule has 5 heterocycles. The zero-order chi connectivity index (χ0) is 20.1. The van der Waals surface area contributed by atoms with Crippen LogP contribution in [0.25, 0.3) is 67.8 Å². The van der Waals surface area contributed by atoms with Gasteiger partial charge in [0.05, 0.1) is 14.9 Å². The summed E-state index contributed by atoms with van der Waals surface area (Å²) in [5.74, 6) is 0. The lowest BCUT2D eigenvalue weighted by atomic mass is 10.0. The molecule has 5 heteroatoms. The van der Waals surface area contributed by atoms with Gasteiger partial charge in [-0.25, -0.2) is 4.98 Å². The van der Waals surface area contributed by atoms with Crippen LogP contribution in [0, 0.1) is 0 Å². The Labute approximate surface area is 183 Å². The number of hydrogen-bond donors (Lipinski definition) is 0. The van der Waals surface area contributed by atoms with Gasteiger partial charge in [-0.1, -0.05) is 42.5 Å². The predicted molar refractivity (Wildman–Crippen MR) is 134 cm³/mol. The largest absolute Gasteiger partial charge is 0.297 e. The van der Waals surface area contributed by atoms with Crippen LogP contribution in [-0.2, 0) is 0 Å². The Kier molecular flexibility index (Phi) is 2.91. The second kappa shape index (κ2) is 5.58. The molecule has 3 nitrogen and oxygen atoms in total. The van der Waals surface area contributed by atoms with E-state index in [0.717, 1.165) is 16.6 Å². The minimum Gasteiger partial charge on any atom is -0.297 e. The van der Waals surface area contributed by atoms with Crippen molar-refractivity contribution < 1.29 is 0 Å². The molecule has 0 unspecified atom stereocenters. The first kappa shape index (κ1) is 16.2. The lowest BCUT2D eigenvalue weighted by Gasteiger charge is -2.09. The number of nitrogens with zero attached hydrogens (tertiary/aromatic N) is 3. The second-order valence-corrected chi connectivity index (χ2v) is 9.98. The van der Waals surface area contributed by atoms with Gasteiger partial charge in [0, 0.05) is 60.3 Å². The highest BCUT2D eigenvalue weighted by molar-refractivity contribution is 7.33. The maximum absolute atomic E-state index is 4.65. The number of benzene rings is 3. The molecule has 5 aromatic heterocycles. The van der Waals surface area contributed by atoms with Crippen molar-refractivity contribution in [1.82, 2.24) is 14.4 Å². The van der Waals surface area contributed by atoms with E-state index in [1.54, 1.807) is 0 Å². The third-order valence-corrected chi connectivity index (χ3v) is 8.84. The molecule has 3 aromatic carbocycles. The first-order chi connectivity index (χ1) is 15.4. The quantitative estimate of drug-likeness (QED) is 0.230. The minimum atomic E-state index is 0.915. The van der Waals surface area contributed by atoms with E-state index in [0.29, 0.717) is 0 Å². The van der Waals surface area contributed by atoms with Crippen molar-refractivity contribution in [3.05, 3.63) is 79.3 Å². The molecular formula is C26H13N3S2. The summed E-state index contributed by atoms with van der Waals surface area (Å²) in [6.07, 6.45) is 5.78. The van der Waals surface area contributed by atoms with Crippen LogP contribution >= 0.6 is 22.7 Å². The van der Waals surface area contributed by atoms with Crippen LogP contribution in [0.4, 0.5) is 0 Å². The summed E-state index contributed by atoms with van der Waals surface area (Å²) in [6.45, 7) is 0. The Morgan fingerprint density at radius 3 is 2.42 bits per heavy atom. The molecule has 0 amide bonds. The molecule has 31 heavy (non-hydrogen) atoms. The highest BCUT2D eigenvalue weighted by atomic mass is 32.1. The van der Waals surface area contributed by atoms with Crippen LogP contribution in [0.3, 0.4) is 0 Å². The lowest BCUT2D eigenvalue weighted by molar-refractivity contribution is 1.26. The molecule has 0 saturated carbocycles. The smallest absolute Gasteiger partial charge is 0.163 e. The van der Waals surface area contributed by atoms with Gasteiger partial charge in [-0.15, -0.1) is 22.7 Å². The van der Waals surface area contributed by atoms with Gasteiger partial charge >= 0.3 is 0 Å². The number of imidazole rings is 1. The number of rotatable bonds is 0. The van der Waals surface area contributed by atoms with Gasteiger partial charge in [0.15, 0.2) is 5.65 Å². The molecule has 0 spiro atoms. The molecule has 0 fully saturated rings. The van der Waals surface area contributed by atoms with Gasteiger partial charge < -0.3 is 0 Å². The molecule has 0 aliphatic rings. The molecule has 0 saturated heterocycles. The highest BCUT2D eigenvalue weighted by Gasteiger charge is 2.18. The average Bonchev–Trinajstić information content (AvgIpc) is 3.53. The molecule has 0 bridgehead atoms. The summed E-state index contributed by atoms with van der Waals surface area (Å²) in [7, 11) is 0. The topological polar surface area (TPSA) is 30.2 Å². The predicted octanol–water partition coefficient (Wildman–Crippen LogP) is 7.77. The van der Waals surface area contributed by atoms with Crippen LogP contribution in [0.1, 0.15) is 0 Å². The molecule has 0 aliphatic heterocycles. The summed E-state index contributed by atoms with van der Waals surface area (Å²) >= 11 is 3.80. The molecular weight excluding hydrogens is 418 g/mol. The summed E-state index contributed by atoms with van der Waals surface area (Å²) in [5, 5.41) is 7.71. The third-order valence-electron chi connectivity index (χ3n) is 6.31. The molecule has 8 aromatic rings. The minimum absolute atomic E-state index is 0.915. The standard InChI is InChI=1S/C26H13N3S2/c1-2-6-19-14(4-1)17-7-8-18-21-20(31-25(18)24(17)30-19)10-9-16-15-5-3-11-27-22(15)26-28-12-13-29(26)23(16)21/h1-13H. The first-order valence-corrected chi connectivity index (χ1v) is 11.8. The van der Waals surface area contributed by atoms with Crippen molar-refractivity contribution in [3.63, 3.8) is 0 Å². The number of fused-ring (bicyclic) bond motifs is 14. The summed E-state index contributed by atoms with van der Waals surface area (Å²) in [5.41, 5.74) is 3.08. The van der Waals surface area contributed by atoms with Crippen LogP contribution in [0.15, 0.2) is 79.3 Å². The van der Waals surface area contributed by atoms with Crippen molar-refractivity contribution in [1.29, 1.82) is 0 Å². The van der Waals surface area contributed by atoms with Gasteiger partial charge in [-0.3, -0.25) is 9.38 Å². The number of aromatic nitrogens is 3. The maximum Gasteiger partial charge on any atom is 0.163 e. The zero-order valence-electron chi connectivity index (χ0n) is 16.2. The van der Waals surface area contributed by atoms with Gasteiger partial charge in [0.2, 0.25) is 0 Å². The molecule has 0 aliphatic carbocycles. The van der Waals surface area contributed by atoms with Gasteiger partial charge in [0.25, 0.3) is 0 Å². The van der Waals surface area contributed by atoms with E-state index in [-0.39, 0.29) is 0 Å². The fourth-order valence-electron chi connectivity index (χ4n) is 5.02. The monoisotopic (exact) mass is 431 g/mol. The Morgan fingerprint density at radius 1 is 0.613 bits per heavy atom. The van der Waals surface area contributed by atoms with E-state index in [1.807, 2.05) is 41.1 Å². The lowest BCUT2D eigenvalue weighted by Crippen LogP contribution is -1.92. The normalized spacial score (nSPS) is 12.5. The van der Waals surface area contributed by atoms with E-state index < -0.39 is 0 Å². The summed E-state index contributed by atoms with van der Waals surface area (Å²) in [4.78, 5) is 9.30. The number of hydrogen-bond acceptors (Lipinski definition) is 4. The van der Waals surface area contributed by atoms with E-state index in [4.69, 9.17) is 0 Å². The van der Waals surface area contributed by atoms with Crippen molar-refractivity contribution in [2.24, 2.45) is 0 Å². The Balaban J connectivity index is 1.67. The van der Waals surface area contributed by atoms with Gasteiger partial charge in [-0.2, -0.15) is 0 Å². The number of thiophene rings is 2. The Morgan fingerprint density at radius 2 is 1.42 bits per heavy atom. The maximum atomic E-state index is 4.65. The molecule has 144 valence electrons. The molecule has 0 atom stereocenters. The fraction of sp³-hybridized carbons (Fsp3) is 0. The summed E-state index contributed by atoms with van der Waals surface area (Å²) in [6, 6.07) is 22.0. The van der Waals surface area contributed by atoms with Crippen molar-refractivity contribution in [2.45, 2.75) is 0 Å². The van der Waals surface area contributed by atoms with Crippen molar-refractivity contribution in [2.75, 3.05) is 0 Å². The van der Waals surface area contributed by atoms with E-state index in [2.05, 4.69) is 75.2 Å². The Bertz CT molecular complexity index is 2010. The fourth-order valence-corrected chi connectivity index (χ4v) is 7.56. The SMILES string of the molecule is c1ccc2c(c1)sc1c2ccc2c1sc1ccc3c4cccnc4c4nccn4c3c12. The molecule has 8 rings (SSSR count). The van der Waals surface area contributed by atoms with Crippen LogP contribution in [0.2, 0.25) is 0 Å². The average molecular weight is 432 g/mol. The number of pyridine rings is 2. The molecule has 0 N–H and O–H groups in total. The van der Waals surface area contributed by atoms with Gasteiger partial charge in [0.1, 0.15) is 5.52 Å². The molecule has 0 radical (unpaired) electrons. The van der Waals surface area contributed by atoms with E-state index >= 15 is 0 Å². The second-order valence-electron chi connectivity index (χ2n) is 7.87. The van der Waals surface area contributed by atoms with Crippen molar-refractivity contribution >= 4 is 90.5 Å². The zero-order valence-corrected chi connectivity index (χ0v) is 17.8. The highest BCUT2D eigenvalue weighted by Crippen LogP contribution is 2.46. The van der Waals surface area contributed by atoms with E-state index in [1.165, 1.54) is 51.2 Å². The van der Waals surface area contributed by atoms with Crippen LogP contribution in [-0.4, -0.2) is 14.4 Å². The summed E-state index contributed by atoms with van der Waals surface area (Å²) < 4.78 is 7.64. The third kappa shape index (κ3) is 1.93. The van der Waals surface area contributed by atoms with Crippen LogP contribution < -0.4 is 0 Å². The first-order valence-electron chi connectivity index (χ1n) is 10.2. The van der Waals surface area contributed by atoms with Crippen molar-refractivity contribution in [3.8, 4) is 0 Å². The van der Waals surface area contributed by atoms with Gasteiger partial charge in [-0.05, 0) is 18.2 Å².